The molecule has 0 fully saturated rings. The highest BCUT2D eigenvalue weighted by atomic mass is 79.9. The third kappa shape index (κ3) is 7.33. The van der Waals surface area contributed by atoms with E-state index in [1.165, 1.54) is 5.56 Å². The number of ether oxygens (including phenoxy) is 1. The molecule has 0 aromatic heterocycles. The van der Waals surface area contributed by atoms with Gasteiger partial charge in [0.2, 0.25) is 5.91 Å². The maximum Gasteiger partial charge on any atom is 0.261 e. The number of hydrogen-bond donors (Lipinski definition) is 1. The van der Waals surface area contributed by atoms with Crippen LogP contribution in [-0.4, -0.2) is 36.4 Å². The van der Waals surface area contributed by atoms with Crippen LogP contribution in [0.1, 0.15) is 36.5 Å². The number of halogens is 2. The fourth-order valence-electron chi connectivity index (χ4n) is 3.75. The lowest BCUT2D eigenvalue weighted by Crippen LogP contribution is -2.51. The molecule has 3 aromatic rings. The summed E-state index contributed by atoms with van der Waals surface area (Å²) in [6.07, 6.45) is 0.365. The SMILES string of the molecule is CNC(=O)C(Cc1ccccc1)N(Cc1ccccc1Cl)C(=O)COc1ccc(C(C)C)cc1Br. The van der Waals surface area contributed by atoms with Crippen molar-refractivity contribution in [1.82, 2.24) is 10.2 Å². The van der Waals surface area contributed by atoms with Crippen molar-refractivity contribution in [1.29, 1.82) is 0 Å². The van der Waals surface area contributed by atoms with E-state index in [1.54, 1.807) is 18.0 Å². The number of benzene rings is 3. The van der Waals surface area contributed by atoms with Crippen molar-refractivity contribution in [2.45, 2.75) is 38.8 Å². The van der Waals surface area contributed by atoms with Crippen LogP contribution in [0.25, 0.3) is 0 Å². The summed E-state index contributed by atoms with van der Waals surface area (Å²) >= 11 is 9.95. The minimum Gasteiger partial charge on any atom is -0.483 e. The molecule has 5 nitrogen and oxygen atoms in total. The minimum absolute atomic E-state index is 0.181. The van der Waals surface area contributed by atoms with Gasteiger partial charge in [0.05, 0.1) is 4.47 Å². The summed E-state index contributed by atoms with van der Waals surface area (Å²) in [6.45, 7) is 4.20. The lowest BCUT2D eigenvalue weighted by atomic mass is 10.0. The number of likely N-dealkylation sites (N-methyl/N-ethyl adjacent to an activating group) is 1. The molecule has 3 rings (SSSR count). The van der Waals surface area contributed by atoms with E-state index < -0.39 is 6.04 Å². The molecule has 1 unspecified atom stereocenters. The second kappa shape index (κ2) is 12.8. The number of nitrogens with one attached hydrogen (secondary N) is 1. The number of carbonyl (C=O) groups is 2. The van der Waals surface area contributed by atoms with E-state index in [-0.39, 0.29) is 25.0 Å². The normalized spacial score (nSPS) is 11.7. The summed E-state index contributed by atoms with van der Waals surface area (Å²) in [5.41, 5.74) is 2.87. The predicted molar refractivity (Wildman–Crippen MR) is 144 cm³/mol. The summed E-state index contributed by atoms with van der Waals surface area (Å²) in [5, 5.41) is 3.24. The maximum absolute atomic E-state index is 13.5. The molecule has 0 saturated heterocycles. The van der Waals surface area contributed by atoms with Gasteiger partial charge in [0.25, 0.3) is 5.91 Å². The van der Waals surface area contributed by atoms with Gasteiger partial charge in [-0.05, 0) is 56.7 Å². The van der Waals surface area contributed by atoms with Crippen LogP contribution >= 0.6 is 27.5 Å². The van der Waals surface area contributed by atoms with Crippen LogP contribution in [0.5, 0.6) is 5.75 Å². The average molecular weight is 558 g/mol. The first kappa shape index (κ1) is 26.8. The van der Waals surface area contributed by atoms with Crippen LogP contribution < -0.4 is 10.1 Å². The highest BCUT2D eigenvalue weighted by molar-refractivity contribution is 9.10. The fourth-order valence-corrected chi connectivity index (χ4v) is 4.45. The molecule has 3 aromatic carbocycles. The Labute approximate surface area is 220 Å². The molecule has 2 amide bonds. The molecule has 35 heavy (non-hydrogen) atoms. The molecule has 184 valence electrons. The van der Waals surface area contributed by atoms with Crippen molar-refractivity contribution in [3.63, 3.8) is 0 Å². The van der Waals surface area contributed by atoms with Crippen LogP contribution in [0.4, 0.5) is 0 Å². The number of hydrogen-bond acceptors (Lipinski definition) is 3. The lowest BCUT2D eigenvalue weighted by molar-refractivity contribution is -0.142. The summed E-state index contributed by atoms with van der Waals surface area (Å²) in [6, 6.07) is 22.1. The number of rotatable bonds is 10. The summed E-state index contributed by atoms with van der Waals surface area (Å²) in [5.74, 6) is 0.380. The van der Waals surface area contributed by atoms with Crippen molar-refractivity contribution in [3.8, 4) is 5.75 Å². The van der Waals surface area contributed by atoms with Crippen molar-refractivity contribution in [2.24, 2.45) is 0 Å². The summed E-state index contributed by atoms with van der Waals surface area (Å²) < 4.78 is 6.67. The average Bonchev–Trinajstić information content (AvgIpc) is 2.86. The Bertz CT molecular complexity index is 1150. The van der Waals surface area contributed by atoms with Crippen LogP contribution in [0.2, 0.25) is 5.02 Å². The van der Waals surface area contributed by atoms with E-state index in [2.05, 4.69) is 35.1 Å². The van der Waals surface area contributed by atoms with Gasteiger partial charge in [-0.3, -0.25) is 9.59 Å². The Kier molecular flexibility index (Phi) is 9.75. The Morgan fingerprint density at radius 2 is 1.71 bits per heavy atom. The van der Waals surface area contributed by atoms with E-state index in [1.807, 2.05) is 66.7 Å². The van der Waals surface area contributed by atoms with Gasteiger partial charge in [-0.25, -0.2) is 0 Å². The molecule has 0 spiro atoms. The summed E-state index contributed by atoms with van der Waals surface area (Å²) in [7, 11) is 1.57. The first-order valence-corrected chi connectivity index (χ1v) is 12.7. The monoisotopic (exact) mass is 556 g/mol. The molecular formula is C28H30BrClN2O3. The second-order valence-electron chi connectivity index (χ2n) is 8.57. The van der Waals surface area contributed by atoms with E-state index in [0.717, 1.165) is 15.6 Å². The molecule has 0 bridgehead atoms. The molecule has 0 aliphatic carbocycles. The van der Waals surface area contributed by atoms with Gasteiger partial charge in [0, 0.05) is 25.0 Å². The first-order valence-electron chi connectivity index (χ1n) is 11.5. The zero-order valence-corrected chi connectivity index (χ0v) is 22.5. The van der Waals surface area contributed by atoms with E-state index in [9.17, 15) is 9.59 Å². The molecular weight excluding hydrogens is 528 g/mol. The largest absolute Gasteiger partial charge is 0.483 e. The molecule has 0 radical (unpaired) electrons. The Morgan fingerprint density at radius 1 is 1.03 bits per heavy atom. The quantitative estimate of drug-likeness (QED) is 0.333. The maximum atomic E-state index is 13.5. The zero-order valence-electron chi connectivity index (χ0n) is 20.1. The first-order chi connectivity index (χ1) is 16.8. The van der Waals surface area contributed by atoms with E-state index in [0.29, 0.717) is 23.1 Å². The van der Waals surface area contributed by atoms with Gasteiger partial charge in [-0.15, -0.1) is 0 Å². The molecule has 0 aliphatic heterocycles. The van der Waals surface area contributed by atoms with E-state index in [4.69, 9.17) is 16.3 Å². The predicted octanol–water partition coefficient (Wildman–Crippen LogP) is 5.99. The van der Waals surface area contributed by atoms with Crippen molar-refractivity contribution in [3.05, 3.63) is 99.0 Å². The Morgan fingerprint density at radius 3 is 2.34 bits per heavy atom. The third-order valence-corrected chi connectivity index (χ3v) is 6.78. The number of nitrogens with zero attached hydrogens (tertiary/aromatic N) is 1. The van der Waals surface area contributed by atoms with Gasteiger partial charge < -0.3 is 15.0 Å². The molecule has 1 N–H and O–H groups in total. The van der Waals surface area contributed by atoms with Crippen molar-refractivity contribution >= 4 is 39.3 Å². The smallest absolute Gasteiger partial charge is 0.261 e. The Hall–Kier alpha value is -2.83. The van der Waals surface area contributed by atoms with E-state index >= 15 is 0 Å². The number of carbonyl (C=O) groups excluding carboxylic acids is 2. The van der Waals surface area contributed by atoms with Crippen LogP contribution in [0, 0.1) is 0 Å². The molecule has 7 heteroatoms. The van der Waals surface area contributed by atoms with Gasteiger partial charge in [0.1, 0.15) is 11.8 Å². The van der Waals surface area contributed by atoms with Gasteiger partial charge in [-0.1, -0.05) is 80.0 Å². The number of amides is 2. The van der Waals surface area contributed by atoms with Gasteiger partial charge in [0.15, 0.2) is 6.61 Å². The standard InChI is InChI=1S/C28H30BrClN2O3/c1-19(2)21-13-14-26(23(29)16-21)35-18-27(33)32(17-22-11-7-8-12-24(22)30)25(28(34)31-3)15-20-9-5-4-6-10-20/h4-14,16,19,25H,15,17-18H2,1-3H3,(H,31,34). The van der Waals surface area contributed by atoms with Crippen molar-refractivity contribution in [2.75, 3.05) is 13.7 Å². The highest BCUT2D eigenvalue weighted by Gasteiger charge is 2.30. The zero-order chi connectivity index (χ0) is 25.4. The lowest BCUT2D eigenvalue weighted by Gasteiger charge is -2.31. The fraction of sp³-hybridized carbons (Fsp3) is 0.286. The Balaban J connectivity index is 1.88. The third-order valence-electron chi connectivity index (χ3n) is 5.79. The molecule has 1 atom stereocenters. The molecule has 0 aliphatic rings. The topological polar surface area (TPSA) is 58.6 Å². The molecule has 0 saturated carbocycles. The van der Waals surface area contributed by atoms with Crippen LogP contribution in [0.15, 0.2) is 77.3 Å². The minimum atomic E-state index is -0.735. The van der Waals surface area contributed by atoms with Crippen molar-refractivity contribution < 1.29 is 14.3 Å². The van der Waals surface area contributed by atoms with Gasteiger partial charge in [-0.2, -0.15) is 0 Å². The van der Waals surface area contributed by atoms with Gasteiger partial charge >= 0.3 is 0 Å². The highest BCUT2D eigenvalue weighted by Crippen LogP contribution is 2.29. The van der Waals surface area contributed by atoms with Crippen LogP contribution in [0.3, 0.4) is 0 Å². The summed E-state index contributed by atoms with van der Waals surface area (Å²) in [4.78, 5) is 28.1. The van der Waals surface area contributed by atoms with Crippen LogP contribution in [-0.2, 0) is 22.6 Å². The second-order valence-corrected chi connectivity index (χ2v) is 9.83. The molecule has 0 heterocycles.